The van der Waals surface area contributed by atoms with Crippen LogP contribution in [0.3, 0.4) is 0 Å². The van der Waals surface area contributed by atoms with Gasteiger partial charge in [0, 0.05) is 35.5 Å². The fraction of sp³-hybridized carbons (Fsp3) is 0.467. The SMILES string of the molecule is CCN(C)CCCN1C(=O)CCC2[C@H](c3cccc(O)c3)c3[nH]c4ccc(OC)c(F)c4c3C[C@@]2(C)C1=O. The second-order valence-corrected chi connectivity index (χ2v) is 10.9. The second-order valence-electron chi connectivity index (χ2n) is 10.9. The first-order valence-electron chi connectivity index (χ1n) is 13.4. The molecule has 38 heavy (non-hydrogen) atoms. The summed E-state index contributed by atoms with van der Waals surface area (Å²) < 4.78 is 21.0. The first-order chi connectivity index (χ1) is 18.2. The number of aromatic amines is 1. The zero-order chi connectivity index (χ0) is 27.2. The lowest BCUT2D eigenvalue weighted by Crippen LogP contribution is -2.51. The molecule has 3 aromatic rings. The molecule has 8 heteroatoms. The Kier molecular flexibility index (Phi) is 6.94. The van der Waals surface area contributed by atoms with Crippen molar-refractivity contribution in [2.45, 2.75) is 45.4 Å². The van der Waals surface area contributed by atoms with Crippen molar-refractivity contribution in [1.82, 2.24) is 14.8 Å². The van der Waals surface area contributed by atoms with Crippen molar-refractivity contribution in [2.75, 3.05) is 33.8 Å². The number of likely N-dealkylation sites (tertiary alicyclic amines) is 1. The summed E-state index contributed by atoms with van der Waals surface area (Å²) in [6.45, 7) is 6.05. The van der Waals surface area contributed by atoms with Gasteiger partial charge in [-0.2, -0.15) is 0 Å². The zero-order valence-corrected chi connectivity index (χ0v) is 22.5. The van der Waals surface area contributed by atoms with Gasteiger partial charge in [0.25, 0.3) is 0 Å². The number of hydrogen-bond donors (Lipinski definition) is 2. The molecule has 0 bridgehead atoms. The highest BCUT2D eigenvalue weighted by molar-refractivity contribution is 6.00. The highest BCUT2D eigenvalue weighted by atomic mass is 19.1. The number of rotatable bonds is 7. The number of imide groups is 1. The third kappa shape index (κ3) is 4.25. The van der Waals surface area contributed by atoms with E-state index in [0.29, 0.717) is 36.7 Å². The highest BCUT2D eigenvalue weighted by Gasteiger charge is 2.54. The average Bonchev–Trinajstić information content (AvgIpc) is 3.23. The van der Waals surface area contributed by atoms with E-state index in [1.54, 1.807) is 30.3 Å². The van der Waals surface area contributed by atoms with Gasteiger partial charge in [0.05, 0.1) is 12.5 Å². The number of methoxy groups -OCH3 is 1. The van der Waals surface area contributed by atoms with E-state index in [2.05, 4.69) is 16.8 Å². The Balaban J connectivity index is 1.66. The lowest BCUT2D eigenvalue weighted by molar-refractivity contribution is -0.151. The maximum Gasteiger partial charge on any atom is 0.235 e. The highest BCUT2D eigenvalue weighted by Crippen LogP contribution is 2.55. The molecule has 202 valence electrons. The third-order valence-corrected chi connectivity index (χ3v) is 8.69. The minimum atomic E-state index is -0.934. The topological polar surface area (TPSA) is 85.9 Å². The van der Waals surface area contributed by atoms with Crippen molar-refractivity contribution in [1.29, 1.82) is 0 Å². The van der Waals surface area contributed by atoms with E-state index in [-0.39, 0.29) is 41.6 Å². The Bertz CT molecular complexity index is 1390. The molecule has 2 aliphatic rings. The van der Waals surface area contributed by atoms with Crippen molar-refractivity contribution in [3.63, 3.8) is 0 Å². The van der Waals surface area contributed by atoms with Gasteiger partial charge in [-0.25, -0.2) is 4.39 Å². The number of H-pyrrole nitrogens is 1. The Morgan fingerprint density at radius 3 is 2.76 bits per heavy atom. The predicted molar refractivity (Wildman–Crippen MR) is 144 cm³/mol. The first kappa shape index (κ1) is 26.2. The van der Waals surface area contributed by atoms with E-state index < -0.39 is 11.2 Å². The molecular formula is C30H36FN3O4. The number of aromatic hydroxyl groups is 1. The van der Waals surface area contributed by atoms with E-state index in [9.17, 15) is 14.7 Å². The minimum Gasteiger partial charge on any atom is -0.508 e. The number of phenols is 1. The number of hydrogen-bond acceptors (Lipinski definition) is 5. The number of amides is 2. The van der Waals surface area contributed by atoms with E-state index in [0.717, 1.165) is 29.9 Å². The molecule has 1 unspecified atom stereocenters. The van der Waals surface area contributed by atoms with E-state index >= 15 is 4.39 Å². The summed E-state index contributed by atoms with van der Waals surface area (Å²) in [5, 5.41) is 10.8. The van der Waals surface area contributed by atoms with Gasteiger partial charge < -0.3 is 19.7 Å². The van der Waals surface area contributed by atoms with Crippen LogP contribution < -0.4 is 4.74 Å². The molecule has 1 fully saturated rings. The maximum atomic E-state index is 15.7. The van der Waals surface area contributed by atoms with Gasteiger partial charge in [0.1, 0.15) is 5.75 Å². The molecule has 1 aromatic heterocycles. The summed E-state index contributed by atoms with van der Waals surface area (Å²) in [7, 11) is 3.45. The minimum absolute atomic E-state index is 0.123. The summed E-state index contributed by atoms with van der Waals surface area (Å²) in [6.07, 6.45) is 1.79. The van der Waals surface area contributed by atoms with Crippen molar-refractivity contribution >= 4 is 22.7 Å². The Morgan fingerprint density at radius 1 is 1.26 bits per heavy atom. The van der Waals surface area contributed by atoms with Crippen LogP contribution >= 0.6 is 0 Å². The van der Waals surface area contributed by atoms with Crippen molar-refractivity contribution in [3.05, 3.63) is 59.0 Å². The monoisotopic (exact) mass is 521 g/mol. The molecule has 1 saturated heterocycles. The Labute approximate surface area is 222 Å². The summed E-state index contributed by atoms with van der Waals surface area (Å²) >= 11 is 0. The summed E-state index contributed by atoms with van der Waals surface area (Å²) in [4.78, 5) is 34.6. The fourth-order valence-corrected chi connectivity index (χ4v) is 6.54. The van der Waals surface area contributed by atoms with Gasteiger partial charge >= 0.3 is 0 Å². The summed E-state index contributed by atoms with van der Waals surface area (Å²) in [6, 6.07) is 10.4. The number of aromatic nitrogens is 1. The molecule has 2 N–H and O–H groups in total. The number of nitrogens with zero attached hydrogens (tertiary/aromatic N) is 2. The molecule has 3 atom stereocenters. The van der Waals surface area contributed by atoms with Gasteiger partial charge in [0.2, 0.25) is 11.8 Å². The molecule has 5 rings (SSSR count). The molecule has 2 heterocycles. The number of ether oxygens (including phenoxy) is 1. The molecular weight excluding hydrogens is 485 g/mol. The normalized spacial score (nSPS) is 23.5. The van der Waals surface area contributed by atoms with E-state index in [4.69, 9.17) is 4.74 Å². The number of phenolic OH excluding ortho intramolecular Hbond substituents is 1. The van der Waals surface area contributed by atoms with Crippen LogP contribution in [0.15, 0.2) is 36.4 Å². The standard InChI is InChI=1S/C30H36FN3O4/c1-5-33(3)14-7-15-34-24(36)13-10-21-25(18-8-6-9-19(35)16-18)28-20(17-30(21,2)29(34)37)26-22(32-28)11-12-23(38-4)27(26)31/h6,8-9,11-12,16,21,25,32,35H,5,7,10,13-15,17H2,1-4H3/t21?,25-,30+/m0/s1. The molecule has 1 aliphatic carbocycles. The number of nitrogens with one attached hydrogen (secondary N) is 1. The van der Waals surface area contributed by atoms with Gasteiger partial charge in [-0.1, -0.05) is 26.0 Å². The second kappa shape index (κ2) is 10.1. The summed E-state index contributed by atoms with van der Waals surface area (Å²) in [5.41, 5.74) is 2.10. The first-order valence-corrected chi connectivity index (χ1v) is 13.4. The van der Waals surface area contributed by atoms with Gasteiger partial charge in [0.15, 0.2) is 11.6 Å². The quantitative estimate of drug-likeness (QED) is 0.436. The van der Waals surface area contributed by atoms with Gasteiger partial charge in [-0.3, -0.25) is 14.5 Å². The number of fused-ring (bicyclic) bond motifs is 4. The van der Waals surface area contributed by atoms with Crippen LogP contribution in [0.4, 0.5) is 4.39 Å². The van der Waals surface area contributed by atoms with Crippen LogP contribution in [-0.4, -0.2) is 65.5 Å². The number of halogens is 1. The molecule has 0 spiro atoms. The maximum absolute atomic E-state index is 15.7. The Morgan fingerprint density at radius 2 is 2.05 bits per heavy atom. The molecule has 2 amide bonds. The lowest BCUT2D eigenvalue weighted by Gasteiger charge is -2.45. The molecule has 1 aliphatic heterocycles. The zero-order valence-electron chi connectivity index (χ0n) is 22.5. The van der Waals surface area contributed by atoms with Crippen LogP contribution in [-0.2, 0) is 16.0 Å². The van der Waals surface area contributed by atoms with Crippen LogP contribution in [0.2, 0.25) is 0 Å². The molecule has 2 aromatic carbocycles. The fourth-order valence-electron chi connectivity index (χ4n) is 6.54. The third-order valence-electron chi connectivity index (χ3n) is 8.69. The molecule has 0 saturated carbocycles. The average molecular weight is 522 g/mol. The number of carbonyl (C=O) groups excluding carboxylic acids is 2. The Hall–Kier alpha value is -3.39. The van der Waals surface area contributed by atoms with E-state index in [1.807, 2.05) is 20.0 Å². The van der Waals surface area contributed by atoms with Crippen LogP contribution in [0.1, 0.15) is 55.8 Å². The van der Waals surface area contributed by atoms with Crippen molar-refractivity contribution in [3.8, 4) is 11.5 Å². The lowest BCUT2D eigenvalue weighted by atomic mass is 9.59. The number of carbonyl (C=O) groups is 2. The predicted octanol–water partition coefficient (Wildman–Crippen LogP) is 4.82. The smallest absolute Gasteiger partial charge is 0.235 e. The summed E-state index contributed by atoms with van der Waals surface area (Å²) in [5.74, 6) is -1.08. The van der Waals surface area contributed by atoms with Crippen molar-refractivity contribution < 1.29 is 23.8 Å². The molecule has 0 radical (unpaired) electrons. The van der Waals surface area contributed by atoms with Crippen LogP contribution in [0.25, 0.3) is 10.9 Å². The van der Waals surface area contributed by atoms with Crippen LogP contribution in [0, 0.1) is 17.2 Å². The molecule has 7 nitrogen and oxygen atoms in total. The van der Waals surface area contributed by atoms with E-state index in [1.165, 1.54) is 12.0 Å². The largest absolute Gasteiger partial charge is 0.508 e. The van der Waals surface area contributed by atoms with Crippen molar-refractivity contribution in [2.24, 2.45) is 11.3 Å². The van der Waals surface area contributed by atoms with Gasteiger partial charge in [-0.05, 0) is 80.7 Å². The van der Waals surface area contributed by atoms with Crippen LogP contribution in [0.5, 0.6) is 11.5 Å². The van der Waals surface area contributed by atoms with Gasteiger partial charge in [-0.15, -0.1) is 0 Å². The number of benzene rings is 2.